The molecule has 0 aromatic heterocycles. The minimum absolute atomic E-state index is 0.208. The number of piperidine rings is 1. The number of rotatable bonds is 7. The van der Waals surface area contributed by atoms with E-state index in [0.717, 1.165) is 37.4 Å². The highest BCUT2D eigenvalue weighted by atomic mass is 32.2. The Kier molecular flexibility index (Phi) is 6.54. The van der Waals surface area contributed by atoms with Crippen LogP contribution in [-0.2, 0) is 22.9 Å². The summed E-state index contributed by atoms with van der Waals surface area (Å²) in [6, 6.07) is 12.4. The number of para-hydroxylation sites is 1. The summed E-state index contributed by atoms with van der Waals surface area (Å²) >= 11 is 0. The lowest BCUT2D eigenvalue weighted by molar-refractivity contribution is -0.386. The SMILES string of the molecule is CC1CCN(Cc2ccccc2CNc2cccc(S(C)(=O)=O)c2[N+](=O)[O-])CC1. The molecule has 0 spiro atoms. The number of nitrogens with one attached hydrogen (secondary N) is 1. The molecule has 0 aliphatic carbocycles. The van der Waals surface area contributed by atoms with Gasteiger partial charge in [0.05, 0.1) is 4.92 Å². The van der Waals surface area contributed by atoms with Gasteiger partial charge < -0.3 is 5.32 Å². The molecule has 7 nitrogen and oxygen atoms in total. The minimum Gasteiger partial charge on any atom is -0.375 e. The molecule has 0 atom stereocenters. The van der Waals surface area contributed by atoms with Gasteiger partial charge in [0.1, 0.15) is 10.6 Å². The lowest BCUT2D eigenvalue weighted by atomic mass is 9.98. The minimum atomic E-state index is -3.70. The van der Waals surface area contributed by atoms with Gasteiger partial charge in [-0.15, -0.1) is 0 Å². The van der Waals surface area contributed by atoms with Gasteiger partial charge in [-0.25, -0.2) is 8.42 Å². The Hall–Kier alpha value is -2.45. The van der Waals surface area contributed by atoms with E-state index in [-0.39, 0.29) is 10.6 Å². The highest BCUT2D eigenvalue weighted by Gasteiger charge is 2.26. The third-order valence-corrected chi connectivity index (χ3v) is 6.57. The molecule has 1 saturated heterocycles. The molecule has 1 aliphatic rings. The van der Waals surface area contributed by atoms with Gasteiger partial charge in [-0.1, -0.05) is 37.3 Å². The number of nitrogens with zero attached hydrogens (tertiary/aromatic N) is 2. The average Bonchev–Trinajstić information content (AvgIpc) is 2.68. The fourth-order valence-corrected chi connectivity index (χ4v) is 4.55. The highest BCUT2D eigenvalue weighted by Crippen LogP contribution is 2.32. The Morgan fingerprint density at radius 2 is 1.76 bits per heavy atom. The Labute approximate surface area is 171 Å². The first-order valence-corrected chi connectivity index (χ1v) is 11.7. The van der Waals surface area contributed by atoms with Crippen LogP contribution in [0.4, 0.5) is 11.4 Å². The van der Waals surface area contributed by atoms with Crippen molar-refractivity contribution in [3.63, 3.8) is 0 Å². The van der Waals surface area contributed by atoms with Gasteiger partial charge in [0.25, 0.3) is 0 Å². The second-order valence-electron chi connectivity index (χ2n) is 7.76. The number of nitro benzene ring substituents is 1. The van der Waals surface area contributed by atoms with Crippen molar-refractivity contribution in [1.29, 1.82) is 0 Å². The standard InChI is InChI=1S/C21H27N3O4S/c1-16-10-12-23(13-11-16)15-18-7-4-3-6-17(18)14-22-19-8-5-9-20(29(2,27)28)21(19)24(25)26/h3-9,16,22H,10-15H2,1-2H3. The molecule has 2 aromatic rings. The monoisotopic (exact) mass is 417 g/mol. The molecule has 156 valence electrons. The molecule has 0 bridgehead atoms. The van der Waals surface area contributed by atoms with Gasteiger partial charge in [0, 0.05) is 19.3 Å². The Balaban J connectivity index is 1.80. The number of sulfone groups is 1. The largest absolute Gasteiger partial charge is 0.375 e. The predicted octanol–water partition coefficient (Wildman–Crippen LogP) is 3.84. The normalized spacial score (nSPS) is 15.9. The zero-order chi connectivity index (χ0) is 21.0. The van der Waals surface area contributed by atoms with Crippen molar-refractivity contribution in [2.75, 3.05) is 24.7 Å². The summed E-state index contributed by atoms with van der Waals surface area (Å²) in [5, 5.41) is 14.6. The van der Waals surface area contributed by atoms with Crippen LogP contribution in [0.3, 0.4) is 0 Å². The van der Waals surface area contributed by atoms with Crippen LogP contribution in [0.1, 0.15) is 30.9 Å². The van der Waals surface area contributed by atoms with E-state index in [4.69, 9.17) is 0 Å². The molecule has 3 rings (SSSR count). The van der Waals surface area contributed by atoms with E-state index < -0.39 is 20.4 Å². The number of likely N-dealkylation sites (tertiary alicyclic amines) is 1. The molecule has 0 radical (unpaired) electrons. The van der Waals surface area contributed by atoms with Crippen molar-refractivity contribution in [2.45, 2.75) is 37.8 Å². The van der Waals surface area contributed by atoms with E-state index in [2.05, 4.69) is 23.2 Å². The highest BCUT2D eigenvalue weighted by molar-refractivity contribution is 7.90. The molecule has 1 aliphatic heterocycles. The van der Waals surface area contributed by atoms with Crippen molar-refractivity contribution in [3.8, 4) is 0 Å². The van der Waals surface area contributed by atoms with Crippen LogP contribution in [0.25, 0.3) is 0 Å². The van der Waals surface area contributed by atoms with E-state index in [9.17, 15) is 18.5 Å². The van der Waals surface area contributed by atoms with Crippen molar-refractivity contribution < 1.29 is 13.3 Å². The summed E-state index contributed by atoms with van der Waals surface area (Å²) in [6.07, 6.45) is 3.38. The lowest BCUT2D eigenvalue weighted by Gasteiger charge is -2.30. The Morgan fingerprint density at radius 3 is 2.38 bits per heavy atom. The molecule has 8 heteroatoms. The maximum Gasteiger partial charge on any atom is 0.310 e. The molecule has 0 amide bonds. The maximum absolute atomic E-state index is 11.9. The summed E-state index contributed by atoms with van der Waals surface area (Å²) in [7, 11) is -3.70. The van der Waals surface area contributed by atoms with Crippen LogP contribution in [0, 0.1) is 16.0 Å². The third-order valence-electron chi connectivity index (χ3n) is 5.44. The summed E-state index contributed by atoms with van der Waals surface area (Å²) < 4.78 is 23.9. The molecule has 2 aromatic carbocycles. The zero-order valence-electron chi connectivity index (χ0n) is 16.8. The molecular formula is C21H27N3O4S. The quantitative estimate of drug-likeness (QED) is 0.543. The van der Waals surface area contributed by atoms with Gasteiger partial charge in [0.2, 0.25) is 0 Å². The Bertz CT molecular complexity index is 983. The number of anilines is 1. The van der Waals surface area contributed by atoms with Crippen LogP contribution in [0.5, 0.6) is 0 Å². The molecule has 1 heterocycles. The fraction of sp³-hybridized carbons (Fsp3) is 0.429. The van der Waals surface area contributed by atoms with Gasteiger partial charge in [-0.05, 0) is 55.1 Å². The van der Waals surface area contributed by atoms with Crippen molar-refractivity contribution in [1.82, 2.24) is 4.90 Å². The molecule has 29 heavy (non-hydrogen) atoms. The maximum atomic E-state index is 11.9. The van der Waals surface area contributed by atoms with Crippen molar-refractivity contribution in [3.05, 3.63) is 63.7 Å². The van der Waals surface area contributed by atoms with Gasteiger partial charge in [-0.3, -0.25) is 15.0 Å². The summed E-state index contributed by atoms with van der Waals surface area (Å²) in [6.45, 7) is 5.66. The number of benzene rings is 2. The number of nitro groups is 1. The van der Waals surface area contributed by atoms with Crippen LogP contribution < -0.4 is 5.32 Å². The molecule has 0 unspecified atom stereocenters. The van der Waals surface area contributed by atoms with E-state index in [1.165, 1.54) is 30.5 Å². The second kappa shape index (κ2) is 8.92. The number of hydrogen-bond donors (Lipinski definition) is 1. The second-order valence-corrected chi connectivity index (χ2v) is 9.75. The lowest BCUT2D eigenvalue weighted by Crippen LogP contribution is -2.32. The van der Waals surface area contributed by atoms with E-state index in [0.29, 0.717) is 6.54 Å². The van der Waals surface area contributed by atoms with Crippen LogP contribution in [-0.4, -0.2) is 37.6 Å². The number of hydrogen-bond acceptors (Lipinski definition) is 6. The summed E-state index contributed by atoms with van der Waals surface area (Å²) in [5.41, 5.74) is 2.03. The van der Waals surface area contributed by atoms with Crippen molar-refractivity contribution in [2.24, 2.45) is 5.92 Å². The van der Waals surface area contributed by atoms with Crippen LogP contribution >= 0.6 is 0 Å². The fourth-order valence-electron chi connectivity index (χ4n) is 3.69. The van der Waals surface area contributed by atoms with Crippen LogP contribution in [0.15, 0.2) is 47.4 Å². The van der Waals surface area contributed by atoms with E-state index >= 15 is 0 Å². The van der Waals surface area contributed by atoms with E-state index in [1.54, 1.807) is 6.07 Å². The topological polar surface area (TPSA) is 92.6 Å². The summed E-state index contributed by atoms with van der Waals surface area (Å²) in [5.74, 6) is 0.769. The van der Waals surface area contributed by atoms with Gasteiger partial charge >= 0.3 is 5.69 Å². The molecule has 1 N–H and O–H groups in total. The zero-order valence-corrected chi connectivity index (χ0v) is 17.6. The summed E-state index contributed by atoms with van der Waals surface area (Å²) in [4.78, 5) is 13.1. The first-order valence-electron chi connectivity index (χ1n) is 9.76. The van der Waals surface area contributed by atoms with Crippen molar-refractivity contribution >= 4 is 21.2 Å². The molecular weight excluding hydrogens is 390 g/mol. The first-order chi connectivity index (χ1) is 13.8. The first kappa shape index (κ1) is 21.3. The third kappa shape index (κ3) is 5.33. The molecule has 0 saturated carbocycles. The van der Waals surface area contributed by atoms with Gasteiger partial charge in [0.15, 0.2) is 9.84 Å². The smallest absolute Gasteiger partial charge is 0.310 e. The van der Waals surface area contributed by atoms with Crippen LogP contribution in [0.2, 0.25) is 0 Å². The van der Waals surface area contributed by atoms with Gasteiger partial charge in [-0.2, -0.15) is 0 Å². The predicted molar refractivity (Wildman–Crippen MR) is 114 cm³/mol. The molecule has 1 fully saturated rings. The Morgan fingerprint density at radius 1 is 1.10 bits per heavy atom. The average molecular weight is 418 g/mol. The van der Waals surface area contributed by atoms with E-state index in [1.807, 2.05) is 18.2 Å².